The SMILES string of the molecule is Cc1cc(S(=O)(=O)NC2CCCC2CN)ccc1Br.Cl. The van der Waals surface area contributed by atoms with Gasteiger partial charge < -0.3 is 5.73 Å². The summed E-state index contributed by atoms with van der Waals surface area (Å²) in [6.07, 6.45) is 2.91. The second-order valence-corrected chi connectivity index (χ2v) is 7.63. The summed E-state index contributed by atoms with van der Waals surface area (Å²) in [5.41, 5.74) is 6.59. The van der Waals surface area contributed by atoms with Crippen LogP contribution in [-0.4, -0.2) is 21.0 Å². The zero-order valence-electron chi connectivity index (χ0n) is 11.3. The van der Waals surface area contributed by atoms with Crippen molar-refractivity contribution in [2.45, 2.75) is 37.1 Å². The molecule has 0 heterocycles. The number of nitrogens with two attached hydrogens (primary N) is 1. The largest absolute Gasteiger partial charge is 0.330 e. The Balaban J connectivity index is 0.00000200. The van der Waals surface area contributed by atoms with Crippen molar-refractivity contribution in [1.29, 1.82) is 0 Å². The van der Waals surface area contributed by atoms with Crippen molar-refractivity contribution < 1.29 is 8.42 Å². The topological polar surface area (TPSA) is 72.2 Å². The number of rotatable bonds is 4. The van der Waals surface area contributed by atoms with E-state index in [2.05, 4.69) is 20.7 Å². The maximum Gasteiger partial charge on any atom is 0.240 e. The van der Waals surface area contributed by atoms with Gasteiger partial charge in [-0.3, -0.25) is 0 Å². The Kier molecular flexibility index (Phi) is 6.47. The maximum atomic E-state index is 12.3. The van der Waals surface area contributed by atoms with Gasteiger partial charge in [0, 0.05) is 10.5 Å². The number of sulfonamides is 1. The van der Waals surface area contributed by atoms with Crippen LogP contribution in [0, 0.1) is 12.8 Å². The van der Waals surface area contributed by atoms with Gasteiger partial charge in [-0.2, -0.15) is 0 Å². The fourth-order valence-electron chi connectivity index (χ4n) is 2.53. The van der Waals surface area contributed by atoms with E-state index in [0.29, 0.717) is 11.4 Å². The van der Waals surface area contributed by atoms with E-state index in [9.17, 15) is 8.42 Å². The van der Waals surface area contributed by atoms with Crippen LogP contribution in [0.2, 0.25) is 0 Å². The van der Waals surface area contributed by atoms with Gasteiger partial charge >= 0.3 is 0 Å². The maximum absolute atomic E-state index is 12.3. The zero-order valence-corrected chi connectivity index (χ0v) is 14.5. The van der Waals surface area contributed by atoms with Crippen molar-refractivity contribution in [2.75, 3.05) is 6.54 Å². The Hall–Kier alpha value is -0.140. The number of hydrogen-bond acceptors (Lipinski definition) is 3. The molecule has 4 nitrogen and oxygen atoms in total. The first-order valence-corrected chi connectivity index (χ1v) is 8.70. The Morgan fingerprint density at radius 1 is 1.40 bits per heavy atom. The third kappa shape index (κ3) is 3.95. The van der Waals surface area contributed by atoms with E-state index >= 15 is 0 Å². The first-order valence-electron chi connectivity index (χ1n) is 6.42. The molecule has 2 rings (SSSR count). The van der Waals surface area contributed by atoms with E-state index in [1.54, 1.807) is 18.2 Å². The minimum Gasteiger partial charge on any atom is -0.330 e. The molecule has 114 valence electrons. The summed E-state index contributed by atoms with van der Waals surface area (Å²) >= 11 is 3.37. The van der Waals surface area contributed by atoms with Crippen LogP contribution in [0.25, 0.3) is 0 Å². The molecule has 1 aromatic carbocycles. The number of nitrogens with one attached hydrogen (secondary N) is 1. The summed E-state index contributed by atoms with van der Waals surface area (Å²) in [6.45, 7) is 2.41. The lowest BCUT2D eigenvalue weighted by atomic mass is 10.1. The fourth-order valence-corrected chi connectivity index (χ4v) is 4.20. The molecule has 0 spiro atoms. The number of halogens is 2. The molecule has 2 unspecified atom stereocenters. The van der Waals surface area contributed by atoms with Gasteiger partial charge in [0.1, 0.15) is 0 Å². The van der Waals surface area contributed by atoms with Crippen LogP contribution in [0.4, 0.5) is 0 Å². The van der Waals surface area contributed by atoms with E-state index < -0.39 is 10.0 Å². The highest BCUT2D eigenvalue weighted by Crippen LogP contribution is 2.27. The van der Waals surface area contributed by atoms with E-state index in [1.807, 2.05) is 6.92 Å². The highest BCUT2D eigenvalue weighted by Gasteiger charge is 2.30. The summed E-state index contributed by atoms with van der Waals surface area (Å²) in [5, 5.41) is 0. The van der Waals surface area contributed by atoms with Gasteiger partial charge in [0.05, 0.1) is 4.90 Å². The van der Waals surface area contributed by atoms with Crippen LogP contribution in [0.5, 0.6) is 0 Å². The Bertz CT molecular complexity index is 565. The van der Waals surface area contributed by atoms with Crippen molar-refractivity contribution in [2.24, 2.45) is 11.7 Å². The van der Waals surface area contributed by atoms with Crippen molar-refractivity contribution in [3.63, 3.8) is 0 Å². The Labute approximate surface area is 135 Å². The van der Waals surface area contributed by atoms with Crippen LogP contribution in [0.15, 0.2) is 27.6 Å². The first kappa shape index (κ1) is 17.9. The lowest BCUT2D eigenvalue weighted by Gasteiger charge is -2.19. The molecular weight excluding hydrogens is 364 g/mol. The van der Waals surface area contributed by atoms with Crippen molar-refractivity contribution in [3.8, 4) is 0 Å². The summed E-state index contributed by atoms with van der Waals surface area (Å²) in [5.74, 6) is 0.256. The van der Waals surface area contributed by atoms with Gasteiger partial charge in [0.15, 0.2) is 0 Å². The average molecular weight is 384 g/mol. The van der Waals surface area contributed by atoms with Crippen molar-refractivity contribution in [3.05, 3.63) is 28.2 Å². The molecular formula is C13H20BrClN2O2S. The predicted molar refractivity (Wildman–Crippen MR) is 86.6 cm³/mol. The molecule has 0 bridgehead atoms. The van der Waals surface area contributed by atoms with Gasteiger partial charge in [0.2, 0.25) is 10.0 Å². The highest BCUT2D eigenvalue weighted by atomic mass is 79.9. The molecule has 0 aromatic heterocycles. The smallest absolute Gasteiger partial charge is 0.240 e. The van der Waals surface area contributed by atoms with Crippen LogP contribution in [0.3, 0.4) is 0 Å². The van der Waals surface area contributed by atoms with Crippen molar-refractivity contribution in [1.82, 2.24) is 4.72 Å². The van der Waals surface area contributed by atoms with Gasteiger partial charge in [-0.1, -0.05) is 22.4 Å². The first-order chi connectivity index (χ1) is 8.94. The van der Waals surface area contributed by atoms with Gasteiger partial charge in [-0.05, 0) is 56.0 Å². The minimum atomic E-state index is -3.45. The van der Waals surface area contributed by atoms with Gasteiger partial charge in [0.25, 0.3) is 0 Å². The predicted octanol–water partition coefficient (Wildman–Crippen LogP) is 2.59. The molecule has 1 saturated carbocycles. The monoisotopic (exact) mass is 382 g/mol. The Morgan fingerprint density at radius 2 is 2.10 bits per heavy atom. The molecule has 0 radical (unpaired) electrons. The molecule has 0 saturated heterocycles. The number of aryl methyl sites for hydroxylation is 1. The molecule has 7 heteroatoms. The lowest BCUT2D eigenvalue weighted by molar-refractivity contribution is 0.453. The number of hydrogen-bond donors (Lipinski definition) is 2. The molecule has 1 fully saturated rings. The van der Waals surface area contributed by atoms with E-state index in [0.717, 1.165) is 29.3 Å². The zero-order chi connectivity index (χ0) is 14.0. The quantitative estimate of drug-likeness (QED) is 0.839. The van der Waals surface area contributed by atoms with E-state index in [1.165, 1.54) is 0 Å². The minimum absolute atomic E-state index is 0. The van der Waals surface area contributed by atoms with Crippen LogP contribution >= 0.6 is 28.3 Å². The molecule has 1 aromatic rings. The lowest BCUT2D eigenvalue weighted by Crippen LogP contribution is -2.39. The van der Waals surface area contributed by atoms with E-state index in [-0.39, 0.29) is 24.4 Å². The van der Waals surface area contributed by atoms with Gasteiger partial charge in [-0.15, -0.1) is 12.4 Å². The molecule has 1 aliphatic rings. The molecule has 20 heavy (non-hydrogen) atoms. The number of benzene rings is 1. The Morgan fingerprint density at radius 3 is 2.70 bits per heavy atom. The second-order valence-electron chi connectivity index (χ2n) is 5.07. The average Bonchev–Trinajstić information content (AvgIpc) is 2.79. The molecule has 0 amide bonds. The molecule has 1 aliphatic carbocycles. The summed E-state index contributed by atoms with van der Waals surface area (Å²) < 4.78 is 28.4. The normalized spacial score (nSPS) is 22.6. The van der Waals surface area contributed by atoms with Crippen LogP contribution in [-0.2, 0) is 10.0 Å². The highest BCUT2D eigenvalue weighted by molar-refractivity contribution is 9.10. The van der Waals surface area contributed by atoms with Crippen LogP contribution < -0.4 is 10.5 Å². The summed E-state index contributed by atoms with van der Waals surface area (Å²) in [4.78, 5) is 0.316. The molecule has 2 atom stereocenters. The third-order valence-electron chi connectivity index (χ3n) is 3.71. The molecule has 0 aliphatic heterocycles. The second kappa shape index (κ2) is 7.22. The van der Waals surface area contributed by atoms with Crippen molar-refractivity contribution >= 4 is 38.4 Å². The third-order valence-corrected chi connectivity index (χ3v) is 6.09. The fraction of sp³-hybridized carbons (Fsp3) is 0.538. The van der Waals surface area contributed by atoms with Gasteiger partial charge in [-0.25, -0.2) is 13.1 Å². The summed E-state index contributed by atoms with van der Waals surface area (Å²) in [7, 11) is -3.45. The summed E-state index contributed by atoms with van der Waals surface area (Å²) in [6, 6.07) is 5.03. The standard InChI is InChI=1S/C13H19BrN2O2S.ClH/c1-9-7-11(5-6-12(9)14)19(17,18)16-13-4-2-3-10(13)8-15;/h5-7,10,13,16H,2-4,8,15H2,1H3;1H. The van der Waals surface area contributed by atoms with Crippen LogP contribution in [0.1, 0.15) is 24.8 Å². The molecule has 3 N–H and O–H groups in total. The van der Waals surface area contributed by atoms with E-state index in [4.69, 9.17) is 5.73 Å².